The average molecular weight is 444 g/mol. The minimum atomic E-state index is -0.717. The maximum absolute atomic E-state index is 13.1. The molecule has 0 aliphatic carbocycles. The number of H-pyrrole nitrogens is 1. The number of amides is 2. The Hall–Kier alpha value is -3.36. The quantitative estimate of drug-likeness (QED) is 0.548. The number of hydrogen-bond donors (Lipinski definition) is 3. The summed E-state index contributed by atoms with van der Waals surface area (Å²) in [4.78, 5) is 53.9. The van der Waals surface area contributed by atoms with Crippen molar-refractivity contribution in [3.63, 3.8) is 0 Å². The number of benzene rings is 1. The van der Waals surface area contributed by atoms with Gasteiger partial charge in [-0.15, -0.1) is 0 Å². The number of nitrogens with one attached hydrogen (secondary N) is 2. The molecule has 0 saturated heterocycles. The highest BCUT2D eigenvalue weighted by Crippen LogP contribution is 2.21. The van der Waals surface area contributed by atoms with Crippen LogP contribution >= 0.6 is 0 Å². The van der Waals surface area contributed by atoms with Crippen LogP contribution in [0.25, 0.3) is 0 Å². The van der Waals surface area contributed by atoms with E-state index in [-0.39, 0.29) is 48.6 Å². The molecule has 0 fully saturated rings. The molecule has 174 valence electrons. The Balaban J connectivity index is 2.27. The average Bonchev–Trinajstić information content (AvgIpc) is 2.69. The van der Waals surface area contributed by atoms with Gasteiger partial charge in [0.1, 0.15) is 5.82 Å². The predicted molar refractivity (Wildman–Crippen MR) is 127 cm³/mol. The van der Waals surface area contributed by atoms with Gasteiger partial charge in [0.25, 0.3) is 5.56 Å². The molecule has 0 saturated carbocycles. The molecule has 9 nitrogen and oxygen atoms in total. The van der Waals surface area contributed by atoms with Crippen molar-refractivity contribution >= 4 is 29.0 Å². The summed E-state index contributed by atoms with van der Waals surface area (Å²) >= 11 is 0. The third-order valence-electron chi connectivity index (χ3n) is 4.87. The molecule has 0 aliphatic rings. The Labute approximate surface area is 187 Å². The first kappa shape index (κ1) is 24.9. The van der Waals surface area contributed by atoms with Crippen molar-refractivity contribution in [3.8, 4) is 0 Å². The smallest absolute Gasteiger partial charge is 0.330 e. The number of nitrogens with zero attached hydrogens (tertiary/aromatic N) is 2. The van der Waals surface area contributed by atoms with Gasteiger partial charge in [-0.3, -0.25) is 23.9 Å². The number of aromatic nitrogens is 2. The Morgan fingerprint density at radius 1 is 1.09 bits per heavy atom. The van der Waals surface area contributed by atoms with E-state index in [1.807, 2.05) is 52.8 Å². The zero-order valence-corrected chi connectivity index (χ0v) is 19.4. The van der Waals surface area contributed by atoms with E-state index in [2.05, 4.69) is 10.3 Å². The van der Waals surface area contributed by atoms with E-state index < -0.39 is 17.2 Å². The molecule has 0 spiro atoms. The van der Waals surface area contributed by atoms with Crippen molar-refractivity contribution < 1.29 is 9.59 Å². The summed E-state index contributed by atoms with van der Waals surface area (Å²) < 4.78 is 1.27. The maximum Gasteiger partial charge on any atom is 0.330 e. The number of nitrogens with two attached hydrogens (primary N) is 1. The summed E-state index contributed by atoms with van der Waals surface area (Å²) in [6.45, 7) is 10.1. The number of nitrogen functional groups attached to an aromatic ring is 1. The fourth-order valence-corrected chi connectivity index (χ4v) is 3.35. The highest BCUT2D eigenvalue weighted by Gasteiger charge is 2.25. The molecule has 0 bridgehead atoms. The van der Waals surface area contributed by atoms with Crippen LogP contribution in [0, 0.1) is 18.8 Å². The second kappa shape index (κ2) is 10.8. The first-order valence-electron chi connectivity index (χ1n) is 10.8. The number of anilines is 3. The van der Waals surface area contributed by atoms with Crippen molar-refractivity contribution in [1.82, 2.24) is 9.55 Å². The lowest BCUT2D eigenvalue weighted by atomic mass is 10.1. The molecular weight excluding hydrogens is 410 g/mol. The van der Waals surface area contributed by atoms with Crippen LogP contribution in [0.3, 0.4) is 0 Å². The van der Waals surface area contributed by atoms with Crippen molar-refractivity contribution in [1.29, 1.82) is 0 Å². The number of hydrogen-bond acceptors (Lipinski definition) is 5. The standard InChI is InChI=1S/C23H33N5O4/c1-14(2)12-27(20-21(24)28(13-15(3)4)23(32)26-22(20)31)19(30)11-10-18(29)25-17-9-7-6-8-16(17)5/h6-9,14-15H,10-13,24H2,1-5H3,(H,25,29)(H,26,31,32). The molecule has 32 heavy (non-hydrogen) atoms. The molecule has 0 atom stereocenters. The van der Waals surface area contributed by atoms with Crippen molar-refractivity contribution in [2.45, 2.75) is 54.0 Å². The van der Waals surface area contributed by atoms with Gasteiger partial charge >= 0.3 is 5.69 Å². The number of carbonyl (C=O) groups excluding carboxylic acids is 2. The fourth-order valence-electron chi connectivity index (χ4n) is 3.35. The van der Waals surface area contributed by atoms with Crippen LogP contribution in [0.4, 0.5) is 17.2 Å². The van der Waals surface area contributed by atoms with Gasteiger partial charge in [0.2, 0.25) is 11.8 Å². The second-order valence-electron chi connectivity index (χ2n) is 8.76. The lowest BCUT2D eigenvalue weighted by Gasteiger charge is -2.26. The molecule has 0 aliphatic heterocycles. The Morgan fingerprint density at radius 2 is 1.75 bits per heavy atom. The monoisotopic (exact) mass is 443 g/mol. The summed E-state index contributed by atoms with van der Waals surface area (Å²) in [5.74, 6) is -0.627. The summed E-state index contributed by atoms with van der Waals surface area (Å²) in [5, 5.41) is 2.80. The largest absolute Gasteiger partial charge is 0.383 e. The van der Waals surface area contributed by atoms with E-state index in [0.29, 0.717) is 12.2 Å². The maximum atomic E-state index is 13.1. The molecule has 1 aromatic carbocycles. The molecule has 0 radical (unpaired) electrons. The lowest BCUT2D eigenvalue weighted by Crippen LogP contribution is -2.43. The molecule has 4 N–H and O–H groups in total. The molecule has 2 amide bonds. The van der Waals surface area contributed by atoms with Crippen LogP contribution in [-0.2, 0) is 16.1 Å². The summed E-state index contributed by atoms with van der Waals surface area (Å²) in [6, 6.07) is 7.36. The Bertz CT molecular complexity index is 1080. The van der Waals surface area contributed by atoms with Crippen LogP contribution in [0.1, 0.15) is 46.1 Å². The van der Waals surface area contributed by atoms with Crippen LogP contribution in [0.5, 0.6) is 0 Å². The van der Waals surface area contributed by atoms with E-state index in [9.17, 15) is 19.2 Å². The summed E-state index contributed by atoms with van der Waals surface area (Å²) in [5.41, 5.74) is 6.41. The minimum absolute atomic E-state index is 0.0315. The number of aromatic amines is 1. The van der Waals surface area contributed by atoms with Gasteiger partial charge in [-0.1, -0.05) is 45.9 Å². The number of rotatable bonds is 9. The van der Waals surface area contributed by atoms with E-state index in [4.69, 9.17) is 5.73 Å². The molecule has 9 heteroatoms. The number of carbonyl (C=O) groups is 2. The van der Waals surface area contributed by atoms with Gasteiger partial charge in [-0.25, -0.2) is 4.79 Å². The lowest BCUT2D eigenvalue weighted by molar-refractivity contribution is -0.122. The van der Waals surface area contributed by atoms with Gasteiger partial charge in [0.05, 0.1) is 0 Å². The van der Waals surface area contributed by atoms with Gasteiger partial charge in [0.15, 0.2) is 5.69 Å². The van der Waals surface area contributed by atoms with Crippen molar-refractivity contribution in [2.24, 2.45) is 11.8 Å². The van der Waals surface area contributed by atoms with E-state index in [0.717, 1.165) is 5.56 Å². The fraction of sp³-hybridized carbons (Fsp3) is 0.478. The third kappa shape index (κ3) is 6.32. The second-order valence-corrected chi connectivity index (χ2v) is 8.76. The molecule has 2 aromatic rings. The van der Waals surface area contributed by atoms with E-state index in [1.54, 1.807) is 6.07 Å². The normalized spacial score (nSPS) is 11.1. The molecule has 1 heterocycles. The van der Waals surface area contributed by atoms with Gasteiger partial charge in [-0.05, 0) is 30.4 Å². The topological polar surface area (TPSA) is 130 Å². The highest BCUT2D eigenvalue weighted by molar-refractivity contribution is 5.99. The Kier molecular flexibility index (Phi) is 8.40. The van der Waals surface area contributed by atoms with Gasteiger partial charge in [0, 0.05) is 31.6 Å². The Morgan fingerprint density at radius 3 is 2.34 bits per heavy atom. The number of aryl methyl sites for hydroxylation is 1. The third-order valence-corrected chi connectivity index (χ3v) is 4.87. The van der Waals surface area contributed by atoms with Crippen LogP contribution < -0.4 is 27.2 Å². The first-order valence-corrected chi connectivity index (χ1v) is 10.8. The SMILES string of the molecule is Cc1ccccc1NC(=O)CCC(=O)N(CC(C)C)c1c(N)n(CC(C)C)c(=O)[nH]c1=O. The first-order chi connectivity index (χ1) is 15.0. The molecule has 2 rings (SSSR count). The highest BCUT2D eigenvalue weighted by atomic mass is 16.2. The van der Waals surface area contributed by atoms with E-state index >= 15 is 0 Å². The van der Waals surface area contributed by atoms with Crippen molar-refractivity contribution in [3.05, 3.63) is 50.7 Å². The van der Waals surface area contributed by atoms with Crippen LogP contribution in [-0.4, -0.2) is 27.9 Å². The molecule has 0 unspecified atom stereocenters. The summed E-state index contributed by atoms with van der Waals surface area (Å²) in [7, 11) is 0. The van der Waals surface area contributed by atoms with Gasteiger partial charge in [-0.2, -0.15) is 0 Å². The molecular formula is C23H33N5O4. The van der Waals surface area contributed by atoms with Crippen molar-refractivity contribution in [2.75, 3.05) is 22.5 Å². The van der Waals surface area contributed by atoms with E-state index in [1.165, 1.54) is 9.47 Å². The summed E-state index contributed by atoms with van der Waals surface area (Å²) in [6.07, 6.45) is -0.155. The zero-order chi connectivity index (χ0) is 24.0. The minimum Gasteiger partial charge on any atom is -0.383 e. The predicted octanol–water partition coefficient (Wildman–Crippen LogP) is 2.49. The van der Waals surface area contributed by atoms with Crippen LogP contribution in [0.15, 0.2) is 33.9 Å². The van der Waals surface area contributed by atoms with Crippen LogP contribution in [0.2, 0.25) is 0 Å². The number of para-hydroxylation sites is 1. The van der Waals surface area contributed by atoms with Gasteiger partial charge < -0.3 is 16.0 Å². The molecule has 1 aromatic heterocycles. The zero-order valence-electron chi connectivity index (χ0n) is 19.4.